The van der Waals surface area contributed by atoms with E-state index in [9.17, 15) is 29.9 Å². The Morgan fingerprint density at radius 3 is 2.53 bits per heavy atom. The summed E-state index contributed by atoms with van der Waals surface area (Å²) in [6, 6.07) is 0.735. The van der Waals surface area contributed by atoms with E-state index < -0.39 is 33.6 Å². The van der Waals surface area contributed by atoms with Gasteiger partial charge in [0.2, 0.25) is 0 Å². The van der Waals surface area contributed by atoms with Crippen molar-refractivity contribution in [3.05, 3.63) is 27.3 Å². The first-order valence-corrected chi connectivity index (χ1v) is 5.27. The highest BCUT2D eigenvalue weighted by atomic mass is 16.6. The van der Waals surface area contributed by atoms with Gasteiger partial charge >= 0.3 is 5.97 Å². The number of carboxylic acids is 1. The Labute approximate surface area is 107 Å². The van der Waals surface area contributed by atoms with Crippen LogP contribution in [0.2, 0.25) is 0 Å². The molecule has 0 aliphatic carbocycles. The number of nitrogens with zero attached hydrogens (tertiary/aromatic N) is 1. The average molecular weight is 269 g/mol. The molecule has 8 heteroatoms. The number of hydrogen-bond donors (Lipinski definition) is 3. The molecule has 0 atom stereocenters. The number of hydrogen-bond acceptors (Lipinski definition) is 6. The van der Waals surface area contributed by atoms with Gasteiger partial charge in [-0.3, -0.25) is 19.7 Å². The maximum absolute atomic E-state index is 10.9. The molecular weight excluding hydrogens is 258 g/mol. The maximum Gasteiger partial charge on any atom is 0.303 e. The number of benzene rings is 1. The second kappa shape index (κ2) is 5.80. The largest absolute Gasteiger partial charge is 0.504 e. The number of nitro groups is 1. The molecule has 1 aromatic rings. The van der Waals surface area contributed by atoms with E-state index >= 15 is 0 Å². The van der Waals surface area contributed by atoms with Gasteiger partial charge < -0.3 is 15.3 Å². The molecule has 3 N–H and O–H groups in total. The quantitative estimate of drug-likeness (QED) is 0.305. The number of carboxylic acid groups (broad SMARTS) is 1. The number of carbonyl (C=O) groups is 2. The predicted molar refractivity (Wildman–Crippen MR) is 62.4 cm³/mol. The highest BCUT2D eigenvalue weighted by Gasteiger charge is 2.23. The molecule has 0 heterocycles. The summed E-state index contributed by atoms with van der Waals surface area (Å²) in [7, 11) is 0. The van der Waals surface area contributed by atoms with E-state index in [1.165, 1.54) is 0 Å². The van der Waals surface area contributed by atoms with Crippen LogP contribution in [0.5, 0.6) is 11.5 Å². The van der Waals surface area contributed by atoms with Gasteiger partial charge in [-0.1, -0.05) is 0 Å². The number of nitro benzene ring substituents is 1. The summed E-state index contributed by atoms with van der Waals surface area (Å²) in [4.78, 5) is 31.3. The van der Waals surface area contributed by atoms with Gasteiger partial charge in [0.25, 0.3) is 5.69 Å². The standard InChI is InChI=1S/C11H11NO7/c13-5-7-6(2-1-3-10(15)16)8(12(18)19)4-9(14)11(7)17/h4-5,14,17H,1-3H2,(H,15,16). The second-order valence-corrected chi connectivity index (χ2v) is 3.78. The summed E-state index contributed by atoms with van der Waals surface area (Å²) in [5, 5.41) is 38.1. The van der Waals surface area contributed by atoms with Crippen molar-refractivity contribution in [1.82, 2.24) is 0 Å². The van der Waals surface area contributed by atoms with Crippen LogP contribution in [0.25, 0.3) is 0 Å². The lowest BCUT2D eigenvalue weighted by Gasteiger charge is -2.08. The molecule has 0 fully saturated rings. The Morgan fingerprint density at radius 1 is 1.42 bits per heavy atom. The molecule has 0 radical (unpaired) electrons. The minimum Gasteiger partial charge on any atom is -0.504 e. The van der Waals surface area contributed by atoms with Crippen LogP contribution in [0.1, 0.15) is 28.8 Å². The van der Waals surface area contributed by atoms with Gasteiger partial charge in [0.15, 0.2) is 17.8 Å². The number of carbonyl (C=O) groups excluding carboxylic acids is 1. The van der Waals surface area contributed by atoms with Crippen molar-refractivity contribution in [2.45, 2.75) is 19.3 Å². The summed E-state index contributed by atoms with van der Waals surface area (Å²) in [5.74, 6) is -2.58. The van der Waals surface area contributed by atoms with Crippen molar-refractivity contribution in [1.29, 1.82) is 0 Å². The first-order chi connectivity index (χ1) is 8.88. The van der Waals surface area contributed by atoms with Crippen LogP contribution in [0.15, 0.2) is 6.07 Å². The van der Waals surface area contributed by atoms with Gasteiger partial charge in [-0.25, -0.2) is 0 Å². The molecule has 8 nitrogen and oxygen atoms in total. The molecule has 0 amide bonds. The van der Waals surface area contributed by atoms with Crippen LogP contribution in [0.4, 0.5) is 5.69 Å². The van der Waals surface area contributed by atoms with Crippen LogP contribution < -0.4 is 0 Å². The molecule has 102 valence electrons. The molecule has 0 aliphatic rings. The van der Waals surface area contributed by atoms with Gasteiger partial charge in [-0.05, 0) is 12.8 Å². The summed E-state index contributed by atoms with van der Waals surface area (Å²) in [6.45, 7) is 0. The number of rotatable bonds is 6. The van der Waals surface area contributed by atoms with Crippen molar-refractivity contribution in [2.24, 2.45) is 0 Å². The van der Waals surface area contributed by atoms with Crippen LogP contribution in [-0.2, 0) is 11.2 Å². The fraction of sp³-hybridized carbons (Fsp3) is 0.273. The van der Waals surface area contributed by atoms with Crippen LogP contribution >= 0.6 is 0 Å². The molecule has 0 aromatic heterocycles. The molecule has 0 saturated carbocycles. The Morgan fingerprint density at radius 2 is 2.05 bits per heavy atom. The number of aromatic hydroxyl groups is 2. The molecule has 1 aromatic carbocycles. The van der Waals surface area contributed by atoms with Crippen molar-refractivity contribution in [3.8, 4) is 11.5 Å². The van der Waals surface area contributed by atoms with E-state index in [0.29, 0.717) is 0 Å². The van der Waals surface area contributed by atoms with Gasteiger partial charge in [0.05, 0.1) is 16.6 Å². The van der Waals surface area contributed by atoms with Gasteiger partial charge in [-0.2, -0.15) is 0 Å². The highest BCUT2D eigenvalue weighted by molar-refractivity contribution is 5.85. The van der Waals surface area contributed by atoms with Crippen molar-refractivity contribution in [3.63, 3.8) is 0 Å². The molecule has 0 spiro atoms. The normalized spacial score (nSPS) is 10.1. The molecular formula is C11H11NO7. The number of aldehydes is 1. The highest BCUT2D eigenvalue weighted by Crippen LogP contribution is 2.37. The third-order valence-corrected chi connectivity index (χ3v) is 2.54. The molecule has 0 unspecified atom stereocenters. The maximum atomic E-state index is 10.9. The second-order valence-electron chi connectivity index (χ2n) is 3.78. The number of aliphatic carboxylic acids is 1. The van der Waals surface area contributed by atoms with Crippen molar-refractivity contribution in [2.75, 3.05) is 0 Å². The molecule has 19 heavy (non-hydrogen) atoms. The zero-order chi connectivity index (χ0) is 14.6. The molecule has 1 rings (SSSR count). The van der Waals surface area contributed by atoms with Gasteiger partial charge in [0, 0.05) is 12.0 Å². The van der Waals surface area contributed by atoms with Crippen molar-refractivity contribution < 1.29 is 29.8 Å². The number of phenolic OH excluding ortho intramolecular Hbond substituents is 2. The molecule has 0 aliphatic heterocycles. The minimum absolute atomic E-state index is 0.0650. The summed E-state index contributed by atoms with van der Waals surface area (Å²) in [6.07, 6.45) is -0.0268. The lowest BCUT2D eigenvalue weighted by atomic mass is 9.99. The van der Waals surface area contributed by atoms with E-state index in [2.05, 4.69) is 0 Å². The summed E-state index contributed by atoms with van der Waals surface area (Å²) < 4.78 is 0. The Bertz CT molecular complexity index is 538. The summed E-state index contributed by atoms with van der Waals surface area (Å²) >= 11 is 0. The van der Waals surface area contributed by atoms with Gasteiger partial charge in [0.1, 0.15) is 0 Å². The third kappa shape index (κ3) is 3.18. The zero-order valence-electron chi connectivity index (χ0n) is 9.70. The molecule has 0 bridgehead atoms. The smallest absolute Gasteiger partial charge is 0.303 e. The van der Waals surface area contributed by atoms with Gasteiger partial charge in [-0.15, -0.1) is 0 Å². The van der Waals surface area contributed by atoms with E-state index in [1.54, 1.807) is 0 Å². The fourth-order valence-corrected chi connectivity index (χ4v) is 1.67. The molecule has 0 saturated heterocycles. The lowest BCUT2D eigenvalue weighted by molar-refractivity contribution is -0.385. The van der Waals surface area contributed by atoms with Crippen molar-refractivity contribution >= 4 is 17.9 Å². The number of phenols is 2. The topological polar surface area (TPSA) is 138 Å². The van der Waals surface area contributed by atoms with Crippen LogP contribution in [0.3, 0.4) is 0 Å². The first kappa shape index (κ1) is 14.4. The Kier molecular flexibility index (Phi) is 4.41. The zero-order valence-corrected chi connectivity index (χ0v) is 9.70. The Balaban J connectivity index is 3.24. The lowest BCUT2D eigenvalue weighted by Crippen LogP contribution is -2.03. The SMILES string of the molecule is O=Cc1c(O)c(O)cc([N+](=O)[O-])c1CCCC(=O)O. The fourth-order valence-electron chi connectivity index (χ4n) is 1.67. The van der Waals surface area contributed by atoms with E-state index in [0.717, 1.165) is 6.07 Å². The van der Waals surface area contributed by atoms with E-state index in [4.69, 9.17) is 5.11 Å². The summed E-state index contributed by atoms with van der Waals surface area (Å²) in [5.41, 5.74) is -1.00. The first-order valence-electron chi connectivity index (χ1n) is 5.27. The third-order valence-electron chi connectivity index (χ3n) is 2.54. The van der Waals surface area contributed by atoms with Crippen LogP contribution in [-0.4, -0.2) is 32.5 Å². The monoisotopic (exact) mass is 269 g/mol. The van der Waals surface area contributed by atoms with E-state index in [-0.39, 0.29) is 31.1 Å². The van der Waals surface area contributed by atoms with Crippen LogP contribution in [0, 0.1) is 10.1 Å². The Hall–Kier alpha value is -2.64. The minimum atomic E-state index is -1.07. The average Bonchev–Trinajstić information content (AvgIpc) is 2.32. The predicted octanol–water partition coefficient (Wildman–Crippen LogP) is 1.23. The van der Waals surface area contributed by atoms with E-state index in [1.807, 2.05) is 0 Å².